The first-order valence-electron chi connectivity index (χ1n) is 18.8. The van der Waals surface area contributed by atoms with Crippen LogP contribution >= 0.6 is 15.6 Å². The van der Waals surface area contributed by atoms with Gasteiger partial charge in [-0.1, -0.05) is 5.11 Å². The number of fused-ring (bicyclic) bond motifs is 3. The second-order valence-corrected chi connectivity index (χ2v) is 17.2. The van der Waals surface area contributed by atoms with Gasteiger partial charge in [0.1, 0.15) is 96.7 Å². The van der Waals surface area contributed by atoms with Crippen molar-refractivity contribution in [2.24, 2.45) is 5.11 Å². The van der Waals surface area contributed by atoms with Gasteiger partial charge in [-0.25, -0.2) is 58.4 Å². The lowest BCUT2D eigenvalue weighted by atomic mass is 10.1. The summed E-state index contributed by atoms with van der Waals surface area (Å²) in [5.74, 6) is -0.0851. The summed E-state index contributed by atoms with van der Waals surface area (Å²) in [7, 11) is -10.7. The Morgan fingerprint density at radius 2 is 1.08 bits per heavy atom. The van der Waals surface area contributed by atoms with Crippen molar-refractivity contribution in [1.29, 1.82) is 0 Å². The van der Waals surface area contributed by atoms with E-state index in [1.807, 2.05) is 0 Å². The van der Waals surface area contributed by atoms with Crippen LogP contribution in [-0.2, 0) is 41.4 Å². The van der Waals surface area contributed by atoms with Crippen LogP contribution in [0.1, 0.15) is 18.7 Å². The van der Waals surface area contributed by atoms with E-state index in [1.165, 1.54) is 21.8 Å². The molecule has 3 fully saturated rings. The number of alkyl halides is 1. The van der Waals surface area contributed by atoms with Crippen LogP contribution in [0.5, 0.6) is 0 Å². The molecule has 346 valence electrons. The van der Waals surface area contributed by atoms with Gasteiger partial charge in [0.25, 0.3) is 0 Å². The number of aliphatic hydroxyl groups is 3. The number of nitrogen functional groups attached to an aromatic ring is 3. The SMILES string of the molecule is [N-]=[N+]=N[C@@H]1[C@H](F)[C@@H](COP(=O)(O)O[C@@H]2[C@H](O)[C@@H](COP(=O)(O)O[C@@H]3[C@H](O)[C@@H](CO)O[C@H]3n3cnc4c(N)ncnc43)O[C@H]2n2cnc3c(N)ncnc32)O[C@H]1n1cnc2c(N)ncnc21. The molecule has 35 heteroatoms. The molecule has 0 saturated carbocycles. The van der Waals surface area contributed by atoms with Gasteiger partial charge in [0.2, 0.25) is 0 Å². The number of azide groups is 1. The monoisotopic (exact) mass is 952 g/mol. The standard InChI is InChI=1S/C30H35FN18O14P2/c31-13-11(60-28(14(13)45-46-35)47-7-42-15-22(32)36-4-39-25(15)47)2-57-64(53,54)63-21-19(52)12(61-30(21)49-9-44-17-24(34)38-6-41-27(17)49)3-58-65(55,56)62-20-18(51)10(1-50)59-29(20)48-8-43-16-23(33)37-5-40-26(16)48/h4-14,18-21,28-30,50-52H,1-3H2,(H,53,54)(H,55,56)(H2,32,36,39)(H2,33,37,40)(H2,34,38,41)/t10-,11-,12-,13-,14-,18-,19-,20-,21-,28-,29-,30-/m1/s1. The number of phosphoric acid groups is 2. The van der Waals surface area contributed by atoms with Gasteiger partial charge in [0, 0.05) is 4.91 Å². The van der Waals surface area contributed by atoms with Crippen LogP contribution in [0.2, 0.25) is 0 Å². The summed E-state index contributed by atoms with van der Waals surface area (Å²) in [4.78, 5) is 60.9. The molecule has 0 amide bonds. The third-order valence-electron chi connectivity index (χ3n) is 10.6. The number of rotatable bonds is 15. The van der Waals surface area contributed by atoms with Crippen LogP contribution in [0, 0.1) is 0 Å². The fourth-order valence-electron chi connectivity index (χ4n) is 7.53. The highest BCUT2D eigenvalue weighted by Crippen LogP contribution is 2.53. The molecule has 3 aliphatic rings. The first-order valence-corrected chi connectivity index (χ1v) is 21.8. The third kappa shape index (κ3) is 8.17. The minimum absolute atomic E-state index is 0.00180. The van der Waals surface area contributed by atoms with Crippen LogP contribution in [0.3, 0.4) is 0 Å². The first kappa shape index (κ1) is 44.5. The lowest BCUT2D eigenvalue weighted by Crippen LogP contribution is -2.36. The normalized spacial score (nSPS) is 31.1. The number of imidazole rings is 3. The second kappa shape index (κ2) is 17.2. The lowest BCUT2D eigenvalue weighted by Gasteiger charge is -2.25. The highest BCUT2D eigenvalue weighted by molar-refractivity contribution is 7.47. The average Bonchev–Trinajstić information content (AvgIpc) is 4.14. The van der Waals surface area contributed by atoms with Gasteiger partial charge in [0.15, 0.2) is 46.9 Å². The number of nitrogens with two attached hydrogens (primary N) is 3. The molecule has 3 aliphatic heterocycles. The van der Waals surface area contributed by atoms with E-state index in [2.05, 4.69) is 54.9 Å². The Hall–Kier alpha value is -5.73. The number of anilines is 3. The molecule has 0 radical (unpaired) electrons. The lowest BCUT2D eigenvalue weighted by molar-refractivity contribution is -0.0628. The Morgan fingerprint density at radius 3 is 1.52 bits per heavy atom. The van der Waals surface area contributed by atoms with Crippen molar-refractivity contribution in [3.05, 3.63) is 48.4 Å². The topological polar surface area (TPSA) is 458 Å². The quantitative estimate of drug-likeness (QED) is 0.0256. The van der Waals surface area contributed by atoms with Crippen molar-refractivity contribution in [1.82, 2.24) is 58.6 Å². The van der Waals surface area contributed by atoms with E-state index in [0.717, 1.165) is 29.9 Å². The van der Waals surface area contributed by atoms with Crippen LogP contribution in [0.4, 0.5) is 21.8 Å². The van der Waals surface area contributed by atoms with Crippen LogP contribution in [-0.4, -0.2) is 158 Å². The summed E-state index contributed by atoms with van der Waals surface area (Å²) in [6.45, 7) is -2.71. The molecule has 0 spiro atoms. The smallest absolute Gasteiger partial charge is 0.394 e. The Morgan fingerprint density at radius 1 is 0.677 bits per heavy atom. The summed E-state index contributed by atoms with van der Waals surface area (Å²) < 4.78 is 85.3. The molecule has 9 rings (SSSR count). The van der Waals surface area contributed by atoms with Gasteiger partial charge >= 0.3 is 15.6 Å². The molecule has 32 nitrogen and oxygen atoms in total. The molecule has 65 heavy (non-hydrogen) atoms. The van der Waals surface area contributed by atoms with Crippen molar-refractivity contribution >= 4 is 66.6 Å². The molecular formula is C30H35FN18O14P2. The minimum atomic E-state index is -5.39. The second-order valence-electron chi connectivity index (χ2n) is 14.4. The van der Waals surface area contributed by atoms with Crippen molar-refractivity contribution in [3.8, 4) is 0 Å². The molecule has 6 aromatic rings. The summed E-state index contributed by atoms with van der Waals surface area (Å²) in [5.41, 5.74) is 27.4. The van der Waals surface area contributed by atoms with Gasteiger partial charge in [-0.15, -0.1) is 0 Å². The van der Waals surface area contributed by atoms with E-state index >= 15 is 4.39 Å². The van der Waals surface area contributed by atoms with Crippen LogP contribution in [0.25, 0.3) is 43.9 Å². The molecule has 3 saturated heterocycles. The number of ether oxygens (including phenoxy) is 3. The molecule has 0 bridgehead atoms. The van der Waals surface area contributed by atoms with Crippen molar-refractivity contribution < 1.29 is 70.9 Å². The van der Waals surface area contributed by atoms with Gasteiger partial charge in [-0.05, 0) is 5.53 Å². The van der Waals surface area contributed by atoms with E-state index in [4.69, 9.17) is 49.5 Å². The number of halogens is 1. The maximum Gasteiger partial charge on any atom is 0.472 e. The van der Waals surface area contributed by atoms with Crippen LogP contribution in [0.15, 0.2) is 43.1 Å². The maximum atomic E-state index is 15.8. The van der Waals surface area contributed by atoms with Gasteiger partial charge < -0.3 is 56.5 Å². The van der Waals surface area contributed by atoms with Crippen molar-refractivity contribution in [2.75, 3.05) is 37.0 Å². The summed E-state index contributed by atoms with van der Waals surface area (Å²) in [6.07, 6.45) is -11.7. The fraction of sp³-hybridized carbons (Fsp3) is 0.500. The maximum absolute atomic E-state index is 15.8. The molecule has 6 aromatic heterocycles. The zero-order valence-corrected chi connectivity index (χ0v) is 34.4. The van der Waals surface area contributed by atoms with E-state index in [9.17, 15) is 39.8 Å². The molecule has 0 aliphatic carbocycles. The zero-order valence-electron chi connectivity index (χ0n) is 32.6. The number of aromatic nitrogens is 12. The zero-order chi connectivity index (χ0) is 45.9. The highest BCUT2D eigenvalue weighted by atomic mass is 31.2. The third-order valence-corrected chi connectivity index (χ3v) is 12.5. The predicted molar refractivity (Wildman–Crippen MR) is 209 cm³/mol. The van der Waals surface area contributed by atoms with Crippen molar-refractivity contribution in [3.63, 3.8) is 0 Å². The number of hydrogen-bond acceptors (Lipinski definition) is 25. The number of aliphatic hydroxyl groups excluding tert-OH is 3. The summed E-state index contributed by atoms with van der Waals surface area (Å²) in [5, 5.41) is 35.9. The van der Waals surface area contributed by atoms with Gasteiger partial charge in [-0.3, -0.25) is 31.8 Å². The predicted octanol–water partition coefficient (Wildman–Crippen LogP) is -1.32. The minimum Gasteiger partial charge on any atom is -0.394 e. The first-order chi connectivity index (χ1) is 31.1. The molecular weight excluding hydrogens is 917 g/mol. The Bertz CT molecular complexity index is 2890. The molecule has 0 aromatic carbocycles. The molecule has 14 atom stereocenters. The van der Waals surface area contributed by atoms with Gasteiger partial charge in [0.05, 0.1) is 38.8 Å². The molecule has 2 unspecified atom stereocenters. The van der Waals surface area contributed by atoms with E-state index < -0.39 is 109 Å². The fourth-order valence-corrected chi connectivity index (χ4v) is 9.39. The average molecular weight is 953 g/mol. The number of phosphoric ester groups is 2. The van der Waals surface area contributed by atoms with E-state index in [0.29, 0.717) is 0 Å². The Labute approximate surface area is 359 Å². The molecule has 9 heterocycles. The van der Waals surface area contributed by atoms with Crippen molar-refractivity contribution in [2.45, 2.75) is 73.6 Å². The Balaban J connectivity index is 0.923. The number of nitrogens with zero attached hydrogens (tertiary/aromatic N) is 15. The molecule has 11 N–H and O–H groups in total. The largest absolute Gasteiger partial charge is 0.472 e. The number of hydrogen-bond donors (Lipinski definition) is 8. The van der Waals surface area contributed by atoms with E-state index in [-0.39, 0.29) is 50.9 Å². The van der Waals surface area contributed by atoms with Crippen LogP contribution < -0.4 is 17.2 Å². The summed E-state index contributed by atoms with van der Waals surface area (Å²) in [6, 6.07) is -1.56. The highest BCUT2D eigenvalue weighted by Gasteiger charge is 2.53. The van der Waals surface area contributed by atoms with Gasteiger partial charge in [-0.2, -0.15) is 0 Å². The summed E-state index contributed by atoms with van der Waals surface area (Å²) >= 11 is 0. The van der Waals surface area contributed by atoms with E-state index in [1.54, 1.807) is 0 Å². The Kier molecular flexibility index (Phi) is 11.8.